The van der Waals surface area contributed by atoms with Crippen LogP contribution in [0.5, 0.6) is 17.2 Å². The Balaban J connectivity index is 1.64. The summed E-state index contributed by atoms with van der Waals surface area (Å²) in [5.74, 6) is -3.25. The van der Waals surface area contributed by atoms with Crippen LogP contribution in [0.2, 0.25) is 0 Å². The smallest absolute Gasteiger partial charge is 0.316 e. The molecular formula is C33H51N3O8. The molecule has 0 spiro atoms. The lowest BCUT2D eigenvalue weighted by atomic mass is 9.87. The number of hydroxylamine groups is 4. The molecule has 3 saturated heterocycles. The highest BCUT2D eigenvalue weighted by Crippen LogP contribution is 2.46. The van der Waals surface area contributed by atoms with Crippen molar-refractivity contribution in [1.29, 1.82) is 0 Å². The van der Waals surface area contributed by atoms with E-state index in [9.17, 15) is 24.8 Å². The molecule has 3 unspecified atom stereocenters. The molecule has 1 aromatic carbocycles. The number of nitrogens with zero attached hydrogens (tertiary/aromatic N) is 2. The zero-order valence-corrected chi connectivity index (χ0v) is 28.3. The first-order valence-corrected chi connectivity index (χ1v) is 15.4. The molecule has 44 heavy (non-hydrogen) atoms. The fraction of sp³-hybridized carbons (Fsp3) is 0.727. The Hall–Kier alpha value is -2.57. The highest BCUT2D eigenvalue weighted by Gasteiger charge is 2.56. The summed E-state index contributed by atoms with van der Waals surface area (Å²) < 4.78 is 17.5. The van der Waals surface area contributed by atoms with E-state index in [-0.39, 0.29) is 22.8 Å². The van der Waals surface area contributed by atoms with Crippen LogP contribution in [0.15, 0.2) is 18.2 Å². The summed E-state index contributed by atoms with van der Waals surface area (Å²) in [5, 5.41) is 27.3. The molecule has 0 aromatic heterocycles. The Bertz CT molecular complexity index is 1260. The van der Waals surface area contributed by atoms with Gasteiger partial charge in [0.2, 0.25) is 0 Å². The fourth-order valence-corrected chi connectivity index (χ4v) is 7.71. The van der Waals surface area contributed by atoms with Gasteiger partial charge in [0.1, 0.15) is 17.2 Å². The van der Waals surface area contributed by atoms with E-state index < -0.39 is 63.4 Å². The predicted octanol–water partition coefficient (Wildman–Crippen LogP) is 5.11. The van der Waals surface area contributed by atoms with E-state index in [0.29, 0.717) is 19.3 Å². The third kappa shape index (κ3) is 6.26. The number of carbonyl (C=O) groups excluding carboxylic acids is 3. The second-order valence-electron chi connectivity index (χ2n) is 16.5. The summed E-state index contributed by atoms with van der Waals surface area (Å²) in [5.41, 5.74) is -3.88. The second-order valence-corrected chi connectivity index (χ2v) is 16.5. The van der Waals surface area contributed by atoms with Crippen molar-refractivity contribution < 1.29 is 39.0 Å². The molecule has 3 atom stereocenters. The fourth-order valence-electron chi connectivity index (χ4n) is 7.71. The number of nitrogens with one attached hydrogen (secondary N) is 1. The lowest BCUT2D eigenvalue weighted by molar-refractivity contribution is -0.198. The van der Waals surface area contributed by atoms with Crippen molar-refractivity contribution in [2.45, 2.75) is 136 Å². The summed E-state index contributed by atoms with van der Waals surface area (Å²) in [4.78, 5) is 40.4. The van der Waals surface area contributed by atoms with Gasteiger partial charge in [-0.3, -0.25) is 14.4 Å². The van der Waals surface area contributed by atoms with E-state index in [4.69, 9.17) is 14.2 Å². The van der Waals surface area contributed by atoms with E-state index in [1.807, 2.05) is 55.4 Å². The van der Waals surface area contributed by atoms with E-state index in [1.54, 1.807) is 27.7 Å². The van der Waals surface area contributed by atoms with Crippen LogP contribution in [-0.2, 0) is 14.4 Å². The Kier molecular flexibility index (Phi) is 8.39. The van der Waals surface area contributed by atoms with Gasteiger partial charge in [-0.15, -0.1) is 0 Å². The summed E-state index contributed by atoms with van der Waals surface area (Å²) in [6, 6.07) is 4.26. The summed E-state index contributed by atoms with van der Waals surface area (Å²) in [6.45, 7) is 22.4. The van der Waals surface area contributed by atoms with Crippen molar-refractivity contribution in [3.63, 3.8) is 0 Å². The van der Waals surface area contributed by atoms with Crippen molar-refractivity contribution in [1.82, 2.24) is 15.4 Å². The van der Waals surface area contributed by atoms with Gasteiger partial charge >= 0.3 is 17.9 Å². The van der Waals surface area contributed by atoms with Crippen LogP contribution in [0, 0.1) is 17.8 Å². The van der Waals surface area contributed by atoms with Gasteiger partial charge in [-0.05, 0) is 102 Å². The molecule has 3 aliphatic rings. The van der Waals surface area contributed by atoms with Crippen LogP contribution in [0.4, 0.5) is 0 Å². The van der Waals surface area contributed by atoms with Gasteiger partial charge in [0.05, 0.1) is 28.8 Å². The van der Waals surface area contributed by atoms with Crippen LogP contribution in [0.3, 0.4) is 0 Å². The SMILES string of the molecule is CC1(C)CC(C(=O)Oc2cc(OC(=O)C3CC(C)(C)N(O)C3(C)C)cc(OC(=O)C3CC(C)(C)N(O)C3(C)C)c2)C(C)(C)N1. The Morgan fingerprint density at radius 3 is 1.18 bits per heavy atom. The average Bonchev–Trinajstić information content (AvgIpc) is 3.27. The molecule has 11 nitrogen and oxygen atoms in total. The van der Waals surface area contributed by atoms with Crippen molar-refractivity contribution in [3.8, 4) is 17.2 Å². The maximum absolute atomic E-state index is 13.5. The topological polar surface area (TPSA) is 138 Å². The third-order valence-corrected chi connectivity index (χ3v) is 9.96. The minimum atomic E-state index is -0.898. The van der Waals surface area contributed by atoms with E-state index in [1.165, 1.54) is 28.3 Å². The second kappa shape index (κ2) is 10.8. The van der Waals surface area contributed by atoms with Crippen molar-refractivity contribution in [2.75, 3.05) is 0 Å². The molecule has 3 aliphatic heterocycles. The Labute approximate surface area is 261 Å². The molecule has 246 valence electrons. The van der Waals surface area contributed by atoms with Gasteiger partial charge in [-0.1, -0.05) is 0 Å². The lowest BCUT2D eigenvalue weighted by Crippen LogP contribution is -2.48. The van der Waals surface area contributed by atoms with Gasteiger partial charge in [0.25, 0.3) is 0 Å². The number of rotatable bonds is 6. The summed E-state index contributed by atoms with van der Waals surface area (Å²) in [7, 11) is 0. The Morgan fingerprint density at radius 2 is 0.932 bits per heavy atom. The number of esters is 3. The van der Waals surface area contributed by atoms with Crippen LogP contribution >= 0.6 is 0 Å². The number of hydrogen-bond donors (Lipinski definition) is 3. The van der Waals surface area contributed by atoms with Crippen LogP contribution in [-0.4, -0.2) is 71.7 Å². The van der Waals surface area contributed by atoms with Gasteiger partial charge in [0, 0.05) is 40.4 Å². The van der Waals surface area contributed by atoms with Gasteiger partial charge in [-0.25, -0.2) is 0 Å². The van der Waals surface area contributed by atoms with E-state index in [2.05, 4.69) is 5.32 Å². The number of benzene rings is 1. The maximum Gasteiger partial charge on any atom is 0.316 e. The van der Waals surface area contributed by atoms with E-state index >= 15 is 0 Å². The molecule has 0 bridgehead atoms. The quantitative estimate of drug-likeness (QED) is 0.290. The summed E-state index contributed by atoms with van der Waals surface area (Å²) >= 11 is 0. The highest BCUT2D eigenvalue weighted by atomic mass is 16.6. The van der Waals surface area contributed by atoms with E-state index in [0.717, 1.165) is 0 Å². The first-order chi connectivity index (χ1) is 19.8. The molecule has 3 heterocycles. The standard InChI is InChI=1S/C33H51N3O8/c1-28(2)16-22(31(7,8)34-28)25(37)42-19-13-20(43-26(38)23-17-29(3,4)35(40)32(23,9)10)15-21(14-19)44-27(39)24-18-30(5,6)36(41)33(24,11)12/h13-15,22-24,34,40-41H,16-18H2,1-12H3. The maximum atomic E-state index is 13.5. The molecule has 0 aliphatic carbocycles. The van der Waals surface area contributed by atoms with Crippen LogP contribution in [0.1, 0.15) is 102 Å². The van der Waals surface area contributed by atoms with Gasteiger partial charge in [0.15, 0.2) is 0 Å². The van der Waals surface area contributed by atoms with Gasteiger partial charge in [-0.2, -0.15) is 10.1 Å². The Morgan fingerprint density at radius 1 is 0.614 bits per heavy atom. The highest BCUT2D eigenvalue weighted by molar-refractivity contribution is 5.80. The zero-order chi connectivity index (χ0) is 33.4. The minimum absolute atomic E-state index is 0.0343. The monoisotopic (exact) mass is 617 g/mol. The molecule has 0 radical (unpaired) electrons. The molecule has 3 fully saturated rings. The lowest BCUT2D eigenvalue weighted by Gasteiger charge is -2.35. The van der Waals surface area contributed by atoms with Crippen molar-refractivity contribution >= 4 is 17.9 Å². The minimum Gasteiger partial charge on any atom is -0.426 e. The van der Waals surface area contributed by atoms with Crippen molar-refractivity contribution in [2.24, 2.45) is 17.8 Å². The molecule has 11 heteroatoms. The van der Waals surface area contributed by atoms with Crippen LogP contribution < -0.4 is 19.5 Å². The van der Waals surface area contributed by atoms with Crippen molar-refractivity contribution in [3.05, 3.63) is 18.2 Å². The first-order valence-electron chi connectivity index (χ1n) is 15.4. The molecule has 0 amide bonds. The predicted molar refractivity (Wildman–Crippen MR) is 163 cm³/mol. The van der Waals surface area contributed by atoms with Crippen LogP contribution in [0.25, 0.3) is 0 Å². The molecule has 4 rings (SSSR count). The average molecular weight is 618 g/mol. The number of carbonyl (C=O) groups is 3. The number of ether oxygens (including phenoxy) is 3. The zero-order valence-electron chi connectivity index (χ0n) is 28.3. The molecular weight excluding hydrogens is 566 g/mol. The third-order valence-electron chi connectivity index (χ3n) is 9.96. The number of hydrogen-bond acceptors (Lipinski definition) is 11. The first kappa shape index (κ1) is 34.3. The van der Waals surface area contributed by atoms with Gasteiger partial charge < -0.3 is 29.9 Å². The summed E-state index contributed by atoms with van der Waals surface area (Å²) in [6.07, 6.45) is 1.27. The molecule has 1 aromatic rings. The normalized spacial score (nSPS) is 29.7. The molecule has 3 N–H and O–H groups in total. The molecule has 0 saturated carbocycles. The largest absolute Gasteiger partial charge is 0.426 e.